The van der Waals surface area contributed by atoms with Crippen LogP contribution < -0.4 is 11.2 Å². The van der Waals surface area contributed by atoms with Crippen LogP contribution in [0, 0.1) is 6.92 Å². The van der Waals surface area contributed by atoms with E-state index in [0.717, 1.165) is 22.0 Å². The number of nitrogens with zero attached hydrogens (tertiary/aromatic N) is 3. The molecule has 0 amide bonds. The molecule has 0 spiro atoms. The minimum absolute atomic E-state index is 0.0296. The van der Waals surface area contributed by atoms with Gasteiger partial charge in [-0.15, -0.1) is 0 Å². The standard InChI is InChI=1S/C14H16N4O/c1-9-3-4-11-10(7-9)14(19)13-12(8-16-17(13)2)18(11)6-5-15/h3-4,7-8H,5-6,15H2,1-2H3. The van der Waals surface area contributed by atoms with Crippen molar-refractivity contribution in [2.75, 3.05) is 6.54 Å². The van der Waals surface area contributed by atoms with Crippen LogP contribution in [0.1, 0.15) is 5.56 Å². The average molecular weight is 256 g/mol. The Balaban J connectivity index is 2.59. The van der Waals surface area contributed by atoms with E-state index in [1.54, 1.807) is 17.9 Å². The van der Waals surface area contributed by atoms with Gasteiger partial charge in [0.25, 0.3) is 0 Å². The lowest BCUT2D eigenvalue weighted by atomic mass is 10.1. The highest BCUT2D eigenvalue weighted by Crippen LogP contribution is 2.19. The van der Waals surface area contributed by atoms with Crippen LogP contribution >= 0.6 is 0 Å². The Labute approximate surface area is 110 Å². The fraction of sp³-hybridized carbons (Fsp3) is 0.286. The molecule has 0 saturated heterocycles. The lowest BCUT2D eigenvalue weighted by Crippen LogP contribution is -2.16. The highest BCUT2D eigenvalue weighted by atomic mass is 16.1. The summed E-state index contributed by atoms with van der Waals surface area (Å²) in [6.07, 6.45) is 1.73. The zero-order valence-electron chi connectivity index (χ0n) is 11.1. The first kappa shape index (κ1) is 11.9. The third-order valence-corrected chi connectivity index (χ3v) is 3.47. The Morgan fingerprint density at radius 3 is 2.84 bits per heavy atom. The Hall–Kier alpha value is -2.14. The molecule has 3 rings (SSSR count). The number of rotatable bonds is 2. The van der Waals surface area contributed by atoms with Crippen LogP contribution in [-0.4, -0.2) is 20.9 Å². The smallest absolute Gasteiger partial charge is 0.215 e. The SMILES string of the molecule is Cc1ccc2c(c1)c(=O)c1c(cnn1C)n2CCN. The summed E-state index contributed by atoms with van der Waals surface area (Å²) >= 11 is 0. The molecule has 0 atom stereocenters. The van der Waals surface area contributed by atoms with Crippen molar-refractivity contribution in [2.45, 2.75) is 13.5 Å². The number of nitrogens with two attached hydrogens (primary N) is 1. The number of aryl methyl sites for hydroxylation is 2. The van der Waals surface area contributed by atoms with E-state index in [-0.39, 0.29) is 5.43 Å². The van der Waals surface area contributed by atoms with E-state index in [1.807, 2.05) is 25.1 Å². The van der Waals surface area contributed by atoms with Crippen molar-refractivity contribution in [1.82, 2.24) is 14.3 Å². The van der Waals surface area contributed by atoms with Gasteiger partial charge in [0.1, 0.15) is 5.52 Å². The molecule has 5 nitrogen and oxygen atoms in total. The van der Waals surface area contributed by atoms with Gasteiger partial charge in [-0.25, -0.2) is 0 Å². The van der Waals surface area contributed by atoms with Gasteiger partial charge in [-0.05, 0) is 19.1 Å². The molecule has 19 heavy (non-hydrogen) atoms. The lowest BCUT2D eigenvalue weighted by Gasteiger charge is -2.12. The highest BCUT2D eigenvalue weighted by molar-refractivity contribution is 5.92. The summed E-state index contributed by atoms with van der Waals surface area (Å²) in [4.78, 5) is 12.6. The summed E-state index contributed by atoms with van der Waals surface area (Å²) in [5.74, 6) is 0. The van der Waals surface area contributed by atoms with Crippen molar-refractivity contribution in [3.05, 3.63) is 40.2 Å². The summed E-state index contributed by atoms with van der Waals surface area (Å²) in [6.45, 7) is 3.18. The molecule has 0 unspecified atom stereocenters. The molecule has 0 aliphatic heterocycles. The molecular weight excluding hydrogens is 240 g/mol. The molecule has 98 valence electrons. The molecular formula is C14H16N4O. The highest BCUT2D eigenvalue weighted by Gasteiger charge is 2.13. The molecule has 2 heterocycles. The summed E-state index contributed by atoms with van der Waals surface area (Å²) in [5, 5.41) is 4.93. The number of benzene rings is 1. The van der Waals surface area contributed by atoms with Crippen LogP contribution in [0.2, 0.25) is 0 Å². The Morgan fingerprint density at radius 2 is 2.11 bits per heavy atom. The van der Waals surface area contributed by atoms with Gasteiger partial charge in [-0.2, -0.15) is 5.10 Å². The second-order valence-electron chi connectivity index (χ2n) is 4.79. The number of pyridine rings is 1. The zero-order valence-corrected chi connectivity index (χ0v) is 11.1. The molecule has 2 aromatic heterocycles. The van der Waals surface area contributed by atoms with E-state index >= 15 is 0 Å². The Morgan fingerprint density at radius 1 is 1.32 bits per heavy atom. The van der Waals surface area contributed by atoms with Crippen molar-refractivity contribution in [3.8, 4) is 0 Å². The van der Waals surface area contributed by atoms with E-state index in [9.17, 15) is 4.79 Å². The second kappa shape index (κ2) is 4.20. The summed E-state index contributed by atoms with van der Waals surface area (Å²) in [6, 6.07) is 5.92. The molecule has 3 aromatic rings. The van der Waals surface area contributed by atoms with E-state index in [1.165, 1.54) is 0 Å². The molecule has 0 aliphatic rings. The molecule has 0 fully saturated rings. The molecule has 5 heteroatoms. The predicted octanol–water partition coefficient (Wildman–Crippen LogP) is 1.16. The van der Waals surface area contributed by atoms with Crippen LogP contribution in [-0.2, 0) is 13.6 Å². The van der Waals surface area contributed by atoms with Gasteiger partial charge in [0, 0.05) is 25.5 Å². The van der Waals surface area contributed by atoms with Crippen LogP contribution in [0.5, 0.6) is 0 Å². The average Bonchev–Trinajstić information content (AvgIpc) is 2.77. The maximum absolute atomic E-state index is 12.6. The number of fused-ring (bicyclic) bond motifs is 2. The van der Waals surface area contributed by atoms with Gasteiger partial charge in [-0.1, -0.05) is 11.6 Å². The second-order valence-corrected chi connectivity index (χ2v) is 4.79. The van der Waals surface area contributed by atoms with Crippen LogP contribution in [0.4, 0.5) is 0 Å². The molecule has 0 saturated carbocycles. The van der Waals surface area contributed by atoms with Crippen molar-refractivity contribution < 1.29 is 0 Å². The molecule has 0 aliphatic carbocycles. The maximum Gasteiger partial charge on any atom is 0.215 e. The fourth-order valence-electron chi connectivity index (χ4n) is 2.58. The van der Waals surface area contributed by atoms with Gasteiger partial charge >= 0.3 is 0 Å². The number of hydrogen-bond donors (Lipinski definition) is 1. The number of hydrogen-bond acceptors (Lipinski definition) is 3. The molecule has 1 aromatic carbocycles. The quantitative estimate of drug-likeness (QED) is 0.748. The minimum atomic E-state index is 0.0296. The van der Waals surface area contributed by atoms with Crippen LogP contribution in [0.3, 0.4) is 0 Å². The number of aromatic nitrogens is 3. The van der Waals surface area contributed by atoms with Gasteiger partial charge in [-0.3, -0.25) is 9.48 Å². The van der Waals surface area contributed by atoms with Crippen molar-refractivity contribution in [2.24, 2.45) is 12.8 Å². The topological polar surface area (TPSA) is 65.8 Å². The normalized spacial score (nSPS) is 11.5. The van der Waals surface area contributed by atoms with Gasteiger partial charge in [0.05, 0.1) is 17.2 Å². The third kappa shape index (κ3) is 1.66. The zero-order chi connectivity index (χ0) is 13.6. The van der Waals surface area contributed by atoms with E-state index in [2.05, 4.69) is 9.67 Å². The lowest BCUT2D eigenvalue weighted by molar-refractivity contribution is 0.753. The van der Waals surface area contributed by atoms with Gasteiger partial charge in [0.2, 0.25) is 5.43 Å². The van der Waals surface area contributed by atoms with Crippen molar-refractivity contribution >= 4 is 21.9 Å². The summed E-state index contributed by atoms with van der Waals surface area (Å²) < 4.78 is 3.70. The monoisotopic (exact) mass is 256 g/mol. The van der Waals surface area contributed by atoms with Gasteiger partial charge < -0.3 is 10.3 Å². The third-order valence-electron chi connectivity index (χ3n) is 3.47. The summed E-state index contributed by atoms with van der Waals surface area (Å²) in [7, 11) is 1.79. The maximum atomic E-state index is 12.6. The molecule has 0 radical (unpaired) electrons. The Kier molecular flexibility index (Phi) is 2.64. The first-order chi connectivity index (χ1) is 9.13. The van der Waals surface area contributed by atoms with Crippen LogP contribution in [0.15, 0.2) is 29.2 Å². The van der Waals surface area contributed by atoms with E-state index in [0.29, 0.717) is 18.6 Å². The fourth-order valence-corrected chi connectivity index (χ4v) is 2.58. The van der Waals surface area contributed by atoms with Gasteiger partial charge in [0.15, 0.2) is 0 Å². The Bertz CT molecular complexity index is 829. The van der Waals surface area contributed by atoms with Crippen molar-refractivity contribution in [3.63, 3.8) is 0 Å². The van der Waals surface area contributed by atoms with Crippen molar-refractivity contribution in [1.29, 1.82) is 0 Å². The minimum Gasteiger partial charge on any atom is -0.336 e. The van der Waals surface area contributed by atoms with Crippen LogP contribution in [0.25, 0.3) is 21.9 Å². The van der Waals surface area contributed by atoms with E-state index in [4.69, 9.17) is 5.73 Å². The molecule has 0 bridgehead atoms. The molecule has 2 N–H and O–H groups in total. The van der Waals surface area contributed by atoms with E-state index < -0.39 is 0 Å². The predicted molar refractivity (Wildman–Crippen MR) is 76.3 cm³/mol. The first-order valence-electron chi connectivity index (χ1n) is 6.28. The first-order valence-corrected chi connectivity index (χ1v) is 6.28. The summed E-state index contributed by atoms with van der Waals surface area (Å²) in [5.41, 5.74) is 9.19. The largest absolute Gasteiger partial charge is 0.336 e.